The Balaban J connectivity index is 2.11. The first-order chi connectivity index (χ1) is 6.40. The van der Waals surface area contributed by atoms with Crippen LogP contribution >= 0.6 is 0 Å². The molecular weight excluding hydrogens is 162 g/mol. The van der Waals surface area contributed by atoms with E-state index in [4.69, 9.17) is 0 Å². The third kappa shape index (κ3) is 1.79. The lowest BCUT2D eigenvalue weighted by atomic mass is 9.83. The highest BCUT2D eigenvalue weighted by molar-refractivity contribution is 5.26. The second-order valence-corrected chi connectivity index (χ2v) is 3.46. The highest BCUT2D eigenvalue weighted by Gasteiger charge is 2.20. The van der Waals surface area contributed by atoms with E-state index in [1.165, 1.54) is 25.0 Å². The molecule has 1 aromatic rings. The minimum absolute atomic E-state index is 0.695. The van der Waals surface area contributed by atoms with E-state index in [0.29, 0.717) is 5.92 Å². The summed E-state index contributed by atoms with van der Waals surface area (Å²) < 4.78 is 0. The van der Waals surface area contributed by atoms with Gasteiger partial charge in [-0.1, -0.05) is 6.42 Å². The molecule has 0 spiro atoms. The summed E-state index contributed by atoms with van der Waals surface area (Å²) in [5.41, 5.74) is 1.21. The SMILES string of the molecule is CCNc1nccc(C2CCC2)n1. The van der Waals surface area contributed by atoms with Gasteiger partial charge in [0, 0.05) is 24.4 Å². The van der Waals surface area contributed by atoms with E-state index >= 15 is 0 Å². The van der Waals surface area contributed by atoms with Crippen LogP contribution in [-0.4, -0.2) is 16.5 Å². The van der Waals surface area contributed by atoms with Crippen molar-refractivity contribution in [2.75, 3.05) is 11.9 Å². The molecule has 70 valence electrons. The first kappa shape index (κ1) is 8.48. The molecule has 13 heavy (non-hydrogen) atoms. The Kier molecular flexibility index (Phi) is 2.43. The summed E-state index contributed by atoms with van der Waals surface area (Å²) >= 11 is 0. The maximum Gasteiger partial charge on any atom is 0.222 e. The zero-order chi connectivity index (χ0) is 9.10. The molecule has 0 radical (unpaired) electrons. The molecule has 3 heteroatoms. The van der Waals surface area contributed by atoms with Crippen molar-refractivity contribution in [1.82, 2.24) is 9.97 Å². The Bertz CT molecular complexity index is 281. The van der Waals surface area contributed by atoms with Crippen molar-refractivity contribution >= 4 is 5.95 Å². The van der Waals surface area contributed by atoms with Crippen LogP contribution in [0.1, 0.15) is 37.8 Å². The van der Waals surface area contributed by atoms with Gasteiger partial charge in [-0.3, -0.25) is 0 Å². The molecule has 0 aromatic carbocycles. The minimum atomic E-state index is 0.695. The maximum absolute atomic E-state index is 4.46. The van der Waals surface area contributed by atoms with Crippen LogP contribution < -0.4 is 5.32 Å². The van der Waals surface area contributed by atoms with E-state index in [2.05, 4.69) is 22.2 Å². The zero-order valence-corrected chi connectivity index (χ0v) is 7.95. The van der Waals surface area contributed by atoms with Crippen molar-refractivity contribution in [3.63, 3.8) is 0 Å². The first-order valence-corrected chi connectivity index (χ1v) is 4.97. The average Bonchev–Trinajstić information content (AvgIpc) is 2.02. The first-order valence-electron chi connectivity index (χ1n) is 4.97. The number of anilines is 1. The monoisotopic (exact) mass is 177 g/mol. The highest BCUT2D eigenvalue weighted by Crippen LogP contribution is 2.35. The molecule has 1 aromatic heterocycles. The normalized spacial score (nSPS) is 16.7. The van der Waals surface area contributed by atoms with Crippen molar-refractivity contribution in [1.29, 1.82) is 0 Å². The van der Waals surface area contributed by atoms with Crippen LogP contribution in [-0.2, 0) is 0 Å². The topological polar surface area (TPSA) is 37.8 Å². The van der Waals surface area contributed by atoms with Gasteiger partial charge < -0.3 is 5.32 Å². The Labute approximate surface area is 78.6 Å². The molecule has 1 fully saturated rings. The molecule has 0 saturated heterocycles. The summed E-state index contributed by atoms with van der Waals surface area (Å²) in [6.45, 7) is 2.94. The molecule has 0 atom stereocenters. The summed E-state index contributed by atoms with van der Waals surface area (Å²) in [5.74, 6) is 1.47. The van der Waals surface area contributed by atoms with Crippen molar-refractivity contribution in [2.24, 2.45) is 0 Å². The van der Waals surface area contributed by atoms with Crippen molar-refractivity contribution < 1.29 is 0 Å². The fourth-order valence-electron chi connectivity index (χ4n) is 1.55. The van der Waals surface area contributed by atoms with Crippen LogP contribution in [0, 0.1) is 0 Å². The fourth-order valence-corrected chi connectivity index (χ4v) is 1.55. The van der Waals surface area contributed by atoms with Crippen LogP contribution in [0.15, 0.2) is 12.3 Å². The van der Waals surface area contributed by atoms with E-state index in [1.54, 1.807) is 0 Å². The van der Waals surface area contributed by atoms with E-state index in [0.717, 1.165) is 12.5 Å². The molecule has 1 saturated carbocycles. The molecule has 0 unspecified atom stereocenters. The van der Waals surface area contributed by atoms with Crippen LogP contribution in [0.2, 0.25) is 0 Å². The van der Waals surface area contributed by atoms with Crippen molar-refractivity contribution in [2.45, 2.75) is 32.1 Å². The van der Waals surface area contributed by atoms with Gasteiger partial charge in [0.1, 0.15) is 0 Å². The largest absolute Gasteiger partial charge is 0.354 e. The third-order valence-electron chi connectivity index (χ3n) is 2.54. The van der Waals surface area contributed by atoms with E-state index in [-0.39, 0.29) is 0 Å². The van der Waals surface area contributed by atoms with Gasteiger partial charge in [-0.15, -0.1) is 0 Å². The van der Waals surface area contributed by atoms with Crippen LogP contribution in [0.4, 0.5) is 5.95 Å². The molecular formula is C10H15N3. The zero-order valence-electron chi connectivity index (χ0n) is 7.95. The summed E-state index contributed by atoms with van der Waals surface area (Å²) in [4.78, 5) is 8.61. The van der Waals surface area contributed by atoms with Gasteiger partial charge in [-0.2, -0.15) is 0 Å². The molecule has 0 aliphatic heterocycles. The van der Waals surface area contributed by atoms with E-state index in [9.17, 15) is 0 Å². The number of nitrogens with one attached hydrogen (secondary N) is 1. The Hall–Kier alpha value is -1.12. The quantitative estimate of drug-likeness (QED) is 0.769. The van der Waals surface area contributed by atoms with Crippen molar-refractivity contribution in [3.05, 3.63) is 18.0 Å². The van der Waals surface area contributed by atoms with E-state index in [1.807, 2.05) is 12.3 Å². The molecule has 1 N–H and O–H groups in total. The third-order valence-corrected chi connectivity index (χ3v) is 2.54. The van der Waals surface area contributed by atoms with Gasteiger partial charge in [-0.25, -0.2) is 9.97 Å². The lowest BCUT2D eigenvalue weighted by molar-refractivity contribution is 0.411. The summed E-state index contributed by atoms with van der Waals surface area (Å²) in [5, 5.41) is 3.13. The predicted molar refractivity (Wildman–Crippen MR) is 52.8 cm³/mol. The Morgan fingerprint density at radius 1 is 1.54 bits per heavy atom. The molecule has 0 amide bonds. The lowest BCUT2D eigenvalue weighted by Crippen LogP contribution is -2.12. The van der Waals surface area contributed by atoms with Gasteiger partial charge in [0.05, 0.1) is 0 Å². The van der Waals surface area contributed by atoms with Crippen LogP contribution in [0.3, 0.4) is 0 Å². The van der Waals surface area contributed by atoms with Gasteiger partial charge in [0.2, 0.25) is 5.95 Å². The number of hydrogen-bond acceptors (Lipinski definition) is 3. The molecule has 1 aliphatic rings. The van der Waals surface area contributed by atoms with Gasteiger partial charge >= 0.3 is 0 Å². The lowest BCUT2D eigenvalue weighted by Gasteiger charge is -2.24. The molecule has 1 heterocycles. The smallest absolute Gasteiger partial charge is 0.222 e. The van der Waals surface area contributed by atoms with Crippen LogP contribution in [0.5, 0.6) is 0 Å². The highest BCUT2D eigenvalue weighted by atomic mass is 15.1. The predicted octanol–water partition coefficient (Wildman–Crippen LogP) is 2.18. The summed E-state index contributed by atoms with van der Waals surface area (Å²) in [6, 6.07) is 2.03. The molecule has 1 aliphatic carbocycles. The standard InChI is InChI=1S/C10H15N3/c1-2-11-10-12-7-6-9(13-10)8-4-3-5-8/h6-8H,2-5H2,1H3,(H,11,12,13). The fraction of sp³-hybridized carbons (Fsp3) is 0.600. The summed E-state index contributed by atoms with van der Waals surface area (Å²) in [7, 11) is 0. The number of hydrogen-bond donors (Lipinski definition) is 1. The molecule has 3 nitrogen and oxygen atoms in total. The average molecular weight is 177 g/mol. The second-order valence-electron chi connectivity index (χ2n) is 3.46. The number of rotatable bonds is 3. The molecule has 0 bridgehead atoms. The van der Waals surface area contributed by atoms with Gasteiger partial charge in [-0.05, 0) is 25.8 Å². The second kappa shape index (κ2) is 3.73. The molecule has 2 rings (SSSR count). The Morgan fingerprint density at radius 2 is 2.38 bits per heavy atom. The number of aromatic nitrogens is 2. The Morgan fingerprint density at radius 3 is 3.00 bits per heavy atom. The van der Waals surface area contributed by atoms with Crippen molar-refractivity contribution in [3.8, 4) is 0 Å². The van der Waals surface area contributed by atoms with Crippen LogP contribution in [0.25, 0.3) is 0 Å². The van der Waals surface area contributed by atoms with Gasteiger partial charge in [0.15, 0.2) is 0 Å². The summed E-state index contributed by atoms with van der Waals surface area (Å²) in [6.07, 6.45) is 5.79. The minimum Gasteiger partial charge on any atom is -0.354 e. The number of nitrogens with zero attached hydrogens (tertiary/aromatic N) is 2. The van der Waals surface area contributed by atoms with E-state index < -0.39 is 0 Å². The maximum atomic E-state index is 4.46. The van der Waals surface area contributed by atoms with Gasteiger partial charge in [0.25, 0.3) is 0 Å².